The van der Waals surface area contributed by atoms with Gasteiger partial charge in [0.15, 0.2) is 0 Å². The van der Waals surface area contributed by atoms with Crippen LogP contribution in [0.15, 0.2) is 48.5 Å². The van der Waals surface area contributed by atoms with Crippen molar-refractivity contribution in [2.45, 2.75) is 31.7 Å². The average molecular weight is 333 g/mol. The van der Waals surface area contributed by atoms with Crippen LogP contribution in [0.1, 0.15) is 42.0 Å². The number of fused-ring (bicyclic) bond motifs is 1. The summed E-state index contributed by atoms with van der Waals surface area (Å²) in [7, 11) is 0. The molecular weight excluding hydrogens is 314 g/mol. The number of rotatable bonds is 2. The first-order valence-electron chi connectivity index (χ1n) is 8.37. The summed E-state index contributed by atoms with van der Waals surface area (Å²) < 4.78 is 0. The third kappa shape index (κ3) is 4.04. The number of anilines is 1. The van der Waals surface area contributed by atoms with E-state index in [9.17, 15) is 9.59 Å². The summed E-state index contributed by atoms with van der Waals surface area (Å²) in [4.78, 5) is 24.5. The number of benzene rings is 2. The highest BCUT2D eigenvalue weighted by Gasteiger charge is 2.23. The molecule has 0 spiro atoms. The maximum absolute atomic E-state index is 12.3. The highest BCUT2D eigenvalue weighted by Crippen LogP contribution is 2.28. The lowest BCUT2D eigenvalue weighted by molar-refractivity contribution is -0.136. The summed E-state index contributed by atoms with van der Waals surface area (Å²) >= 11 is 0. The maximum atomic E-state index is 12.3. The van der Waals surface area contributed by atoms with Crippen molar-refractivity contribution in [2.75, 3.05) is 5.32 Å². The van der Waals surface area contributed by atoms with Crippen LogP contribution >= 0.6 is 0 Å². The second-order valence-corrected chi connectivity index (χ2v) is 6.12. The third-order valence-electron chi connectivity index (χ3n) is 4.38. The van der Waals surface area contributed by atoms with Crippen LogP contribution in [-0.2, 0) is 16.0 Å². The van der Waals surface area contributed by atoms with Crippen molar-refractivity contribution in [1.29, 1.82) is 5.26 Å². The molecule has 25 heavy (non-hydrogen) atoms. The van der Waals surface area contributed by atoms with Gasteiger partial charge in [-0.15, -0.1) is 0 Å². The van der Waals surface area contributed by atoms with Crippen molar-refractivity contribution >= 4 is 17.5 Å². The number of carbonyl (C=O) groups is 2. The molecule has 0 saturated carbocycles. The summed E-state index contributed by atoms with van der Waals surface area (Å²) in [6.07, 6.45) is 3.90. The third-order valence-corrected chi connectivity index (χ3v) is 4.38. The van der Waals surface area contributed by atoms with E-state index in [1.165, 1.54) is 11.6 Å². The molecule has 0 radical (unpaired) electrons. The Balaban J connectivity index is 1.69. The summed E-state index contributed by atoms with van der Waals surface area (Å²) in [6, 6.07) is 16.4. The van der Waals surface area contributed by atoms with Gasteiger partial charge in [0, 0.05) is 5.69 Å². The number of hydrogen-bond donors (Lipinski definition) is 2. The van der Waals surface area contributed by atoms with Gasteiger partial charge in [0.05, 0.1) is 17.7 Å². The fraction of sp³-hybridized carbons (Fsp3) is 0.250. The van der Waals surface area contributed by atoms with Gasteiger partial charge < -0.3 is 10.6 Å². The summed E-state index contributed by atoms with van der Waals surface area (Å²) in [6.45, 7) is 0. The largest absolute Gasteiger partial charge is 0.341 e. The predicted octanol–water partition coefficient (Wildman–Crippen LogP) is 3.08. The van der Waals surface area contributed by atoms with E-state index in [0.29, 0.717) is 11.3 Å². The van der Waals surface area contributed by atoms with E-state index >= 15 is 0 Å². The quantitative estimate of drug-likeness (QED) is 0.654. The van der Waals surface area contributed by atoms with Crippen LogP contribution in [-0.4, -0.2) is 11.8 Å². The first-order valence-corrected chi connectivity index (χ1v) is 8.37. The van der Waals surface area contributed by atoms with E-state index in [2.05, 4.69) is 16.7 Å². The number of nitriles is 1. The van der Waals surface area contributed by atoms with Crippen LogP contribution in [0.3, 0.4) is 0 Å². The van der Waals surface area contributed by atoms with E-state index in [-0.39, 0.29) is 6.04 Å². The molecule has 126 valence electrons. The van der Waals surface area contributed by atoms with Gasteiger partial charge in [-0.25, -0.2) is 0 Å². The lowest BCUT2D eigenvalue weighted by Crippen LogP contribution is -2.37. The Morgan fingerprint density at radius 2 is 1.88 bits per heavy atom. The monoisotopic (exact) mass is 333 g/mol. The van der Waals surface area contributed by atoms with Crippen LogP contribution in [0, 0.1) is 11.3 Å². The molecule has 5 nitrogen and oxygen atoms in total. The van der Waals surface area contributed by atoms with Crippen molar-refractivity contribution in [1.82, 2.24) is 5.32 Å². The Kier molecular flexibility index (Phi) is 5.10. The summed E-state index contributed by atoms with van der Waals surface area (Å²) in [5.41, 5.74) is 3.18. The fourth-order valence-corrected chi connectivity index (χ4v) is 3.15. The standard InChI is InChI=1S/C20H19N3O2/c21-13-14-6-5-9-16(12-14)22-19(24)20(25)23-18-11-4-2-8-15-7-1-3-10-17(15)18/h1,3,5-7,9-10,12,18H,2,4,8,11H2,(H,22,24)(H,23,25)/t18-/m1/s1. The molecular formula is C20H19N3O2. The Morgan fingerprint density at radius 1 is 1.04 bits per heavy atom. The number of hydrogen-bond acceptors (Lipinski definition) is 3. The molecule has 1 aliphatic rings. The molecule has 1 aliphatic carbocycles. The molecule has 0 saturated heterocycles. The van der Waals surface area contributed by atoms with Crippen LogP contribution < -0.4 is 10.6 Å². The molecule has 0 bridgehead atoms. The van der Waals surface area contributed by atoms with Gasteiger partial charge in [-0.05, 0) is 48.6 Å². The van der Waals surface area contributed by atoms with Gasteiger partial charge >= 0.3 is 11.8 Å². The van der Waals surface area contributed by atoms with Crippen molar-refractivity contribution in [3.05, 3.63) is 65.2 Å². The molecule has 1 atom stereocenters. The van der Waals surface area contributed by atoms with E-state index in [1.54, 1.807) is 18.2 Å². The summed E-state index contributed by atoms with van der Waals surface area (Å²) in [5, 5.41) is 14.3. The minimum absolute atomic E-state index is 0.151. The normalized spacial score (nSPS) is 16.0. The molecule has 0 heterocycles. The molecule has 2 amide bonds. The topological polar surface area (TPSA) is 82.0 Å². The minimum Gasteiger partial charge on any atom is -0.341 e. The molecule has 0 fully saturated rings. The average Bonchev–Trinajstić information content (AvgIpc) is 2.84. The highest BCUT2D eigenvalue weighted by molar-refractivity contribution is 6.39. The molecule has 0 aromatic heterocycles. The van der Waals surface area contributed by atoms with Gasteiger partial charge in [-0.2, -0.15) is 5.26 Å². The van der Waals surface area contributed by atoms with E-state index in [4.69, 9.17) is 5.26 Å². The van der Waals surface area contributed by atoms with Gasteiger partial charge in [-0.3, -0.25) is 9.59 Å². The Bertz CT molecular complexity index is 839. The van der Waals surface area contributed by atoms with Crippen LogP contribution in [0.4, 0.5) is 5.69 Å². The lowest BCUT2D eigenvalue weighted by Gasteiger charge is -2.19. The molecule has 2 N–H and O–H groups in total. The molecule has 5 heteroatoms. The van der Waals surface area contributed by atoms with Crippen molar-refractivity contribution in [2.24, 2.45) is 0 Å². The minimum atomic E-state index is -0.725. The van der Waals surface area contributed by atoms with Crippen LogP contribution in [0.2, 0.25) is 0 Å². The number of carbonyl (C=O) groups excluding carboxylic acids is 2. The Labute approximate surface area is 146 Å². The molecule has 2 aromatic carbocycles. The Hall–Kier alpha value is -3.13. The van der Waals surface area contributed by atoms with Crippen LogP contribution in [0.25, 0.3) is 0 Å². The van der Waals surface area contributed by atoms with Crippen molar-refractivity contribution in [3.63, 3.8) is 0 Å². The van der Waals surface area contributed by atoms with Gasteiger partial charge in [-0.1, -0.05) is 36.8 Å². The maximum Gasteiger partial charge on any atom is 0.313 e. The SMILES string of the molecule is N#Cc1cccc(NC(=O)C(=O)N[C@@H]2CCCCc3ccccc32)c1. The van der Waals surface area contributed by atoms with Crippen molar-refractivity contribution in [3.8, 4) is 6.07 Å². The molecule has 3 rings (SSSR count). The number of nitrogens with one attached hydrogen (secondary N) is 2. The lowest BCUT2D eigenvalue weighted by atomic mass is 9.99. The van der Waals surface area contributed by atoms with E-state index < -0.39 is 11.8 Å². The number of nitrogens with zero attached hydrogens (tertiary/aromatic N) is 1. The predicted molar refractivity (Wildman–Crippen MR) is 94.7 cm³/mol. The first-order chi connectivity index (χ1) is 12.2. The van der Waals surface area contributed by atoms with E-state index in [1.807, 2.05) is 24.3 Å². The number of aryl methyl sites for hydroxylation is 1. The van der Waals surface area contributed by atoms with E-state index in [0.717, 1.165) is 31.2 Å². The zero-order valence-electron chi connectivity index (χ0n) is 13.8. The Morgan fingerprint density at radius 3 is 2.72 bits per heavy atom. The zero-order chi connectivity index (χ0) is 17.6. The second-order valence-electron chi connectivity index (χ2n) is 6.12. The van der Waals surface area contributed by atoms with Gasteiger partial charge in [0.1, 0.15) is 0 Å². The zero-order valence-corrected chi connectivity index (χ0v) is 13.8. The molecule has 0 unspecified atom stereocenters. The number of amides is 2. The molecule has 0 aliphatic heterocycles. The van der Waals surface area contributed by atoms with Crippen LogP contribution in [0.5, 0.6) is 0 Å². The van der Waals surface area contributed by atoms with Gasteiger partial charge in [0.25, 0.3) is 0 Å². The molecule has 2 aromatic rings. The smallest absolute Gasteiger partial charge is 0.313 e. The highest BCUT2D eigenvalue weighted by atomic mass is 16.2. The first kappa shape index (κ1) is 16.7. The summed E-state index contributed by atoms with van der Waals surface area (Å²) in [5.74, 6) is -1.39. The second kappa shape index (κ2) is 7.63. The van der Waals surface area contributed by atoms with Gasteiger partial charge in [0.2, 0.25) is 0 Å². The van der Waals surface area contributed by atoms with Crippen molar-refractivity contribution < 1.29 is 9.59 Å². The fourth-order valence-electron chi connectivity index (χ4n) is 3.15.